The fourth-order valence-corrected chi connectivity index (χ4v) is 4.05. The highest BCUT2D eigenvalue weighted by Crippen LogP contribution is 2.16. The van der Waals surface area contributed by atoms with E-state index in [-0.39, 0.29) is 6.09 Å². The van der Waals surface area contributed by atoms with Crippen molar-refractivity contribution in [3.8, 4) is 0 Å². The molecule has 7 nitrogen and oxygen atoms in total. The summed E-state index contributed by atoms with van der Waals surface area (Å²) >= 11 is 0. The number of ether oxygens (including phenoxy) is 1. The molecule has 1 saturated heterocycles. The van der Waals surface area contributed by atoms with Crippen LogP contribution in [0.3, 0.4) is 0 Å². The number of amides is 1. The summed E-state index contributed by atoms with van der Waals surface area (Å²) in [6, 6.07) is 5.30. The molecule has 1 heterocycles. The lowest BCUT2D eigenvalue weighted by Gasteiger charge is -2.33. The van der Waals surface area contributed by atoms with E-state index in [1.807, 2.05) is 13.0 Å². The quantitative estimate of drug-likeness (QED) is 0.851. The molecule has 24 heavy (non-hydrogen) atoms. The molecule has 2 rings (SSSR count). The number of aryl methyl sites for hydroxylation is 2. The van der Waals surface area contributed by atoms with Crippen molar-refractivity contribution in [2.75, 3.05) is 46.4 Å². The van der Waals surface area contributed by atoms with Gasteiger partial charge < -0.3 is 9.64 Å². The van der Waals surface area contributed by atoms with Gasteiger partial charge in [-0.2, -0.15) is 0 Å². The molecule has 0 atom stereocenters. The number of hydrogen-bond donors (Lipinski definition) is 1. The van der Waals surface area contributed by atoms with Gasteiger partial charge in [0.2, 0.25) is 10.0 Å². The van der Waals surface area contributed by atoms with Crippen LogP contribution in [0.1, 0.15) is 11.1 Å². The number of nitrogens with one attached hydrogen (secondary N) is 1. The predicted molar refractivity (Wildman–Crippen MR) is 91.5 cm³/mol. The minimum atomic E-state index is -3.50. The highest BCUT2D eigenvalue weighted by Gasteiger charge is 2.22. The van der Waals surface area contributed by atoms with Gasteiger partial charge in [-0.1, -0.05) is 17.7 Å². The lowest BCUT2D eigenvalue weighted by Crippen LogP contribution is -2.50. The van der Waals surface area contributed by atoms with Gasteiger partial charge in [-0.3, -0.25) is 4.90 Å². The standard InChI is InChI=1S/C16H25N3O4S/c1-13-4-5-15(14(2)12-13)24(21,22)17-6-7-18-8-10-19(11-9-18)16(20)23-3/h4-5,12,17H,6-11H2,1-3H3. The van der Waals surface area contributed by atoms with Gasteiger partial charge in [0, 0.05) is 39.3 Å². The van der Waals surface area contributed by atoms with Crippen molar-refractivity contribution in [1.29, 1.82) is 0 Å². The Morgan fingerprint density at radius 2 is 1.88 bits per heavy atom. The second kappa shape index (κ2) is 7.96. The van der Waals surface area contributed by atoms with Crippen LogP contribution in [0.5, 0.6) is 0 Å². The molecule has 134 valence electrons. The van der Waals surface area contributed by atoms with Gasteiger partial charge in [0.15, 0.2) is 0 Å². The molecule has 1 aliphatic rings. The number of sulfonamides is 1. The topological polar surface area (TPSA) is 79.0 Å². The molecule has 1 aromatic carbocycles. The predicted octanol–water partition coefficient (Wildman–Crippen LogP) is 0.966. The van der Waals surface area contributed by atoms with Crippen molar-refractivity contribution in [3.05, 3.63) is 29.3 Å². The van der Waals surface area contributed by atoms with Gasteiger partial charge in [0.25, 0.3) is 0 Å². The van der Waals surface area contributed by atoms with E-state index in [0.717, 1.165) is 11.1 Å². The van der Waals surface area contributed by atoms with Gasteiger partial charge >= 0.3 is 6.09 Å². The maximum Gasteiger partial charge on any atom is 0.409 e. The Morgan fingerprint density at radius 3 is 2.46 bits per heavy atom. The molecule has 0 aliphatic carbocycles. The third kappa shape index (κ3) is 4.68. The zero-order valence-corrected chi connectivity index (χ0v) is 15.2. The van der Waals surface area contributed by atoms with Crippen molar-refractivity contribution in [3.63, 3.8) is 0 Å². The van der Waals surface area contributed by atoms with E-state index in [1.165, 1.54) is 7.11 Å². The van der Waals surface area contributed by atoms with Crippen molar-refractivity contribution in [2.45, 2.75) is 18.7 Å². The van der Waals surface area contributed by atoms with Gasteiger partial charge in [-0.15, -0.1) is 0 Å². The van der Waals surface area contributed by atoms with Crippen LogP contribution in [0.15, 0.2) is 23.1 Å². The summed E-state index contributed by atoms with van der Waals surface area (Å²) in [5.74, 6) is 0. The Hall–Kier alpha value is -1.64. The highest BCUT2D eigenvalue weighted by atomic mass is 32.2. The number of methoxy groups -OCH3 is 1. The van der Waals surface area contributed by atoms with E-state index in [2.05, 4.69) is 9.62 Å². The monoisotopic (exact) mass is 355 g/mol. The first kappa shape index (κ1) is 18.7. The Bertz CT molecular complexity index is 683. The van der Waals surface area contributed by atoms with Crippen LogP contribution >= 0.6 is 0 Å². The summed E-state index contributed by atoms with van der Waals surface area (Å²) < 4.78 is 32.1. The van der Waals surface area contributed by atoms with Gasteiger partial charge in [0.05, 0.1) is 12.0 Å². The van der Waals surface area contributed by atoms with Crippen LogP contribution in [0, 0.1) is 13.8 Å². The summed E-state index contributed by atoms with van der Waals surface area (Å²) in [6.07, 6.45) is -0.315. The number of benzene rings is 1. The molecule has 1 amide bonds. The first-order valence-corrected chi connectivity index (χ1v) is 9.44. The molecular weight excluding hydrogens is 330 g/mol. The third-order valence-corrected chi connectivity index (χ3v) is 5.77. The molecule has 1 fully saturated rings. The number of rotatable bonds is 5. The van der Waals surface area contributed by atoms with E-state index in [0.29, 0.717) is 44.2 Å². The lowest BCUT2D eigenvalue weighted by atomic mass is 10.2. The number of piperazine rings is 1. The molecule has 0 spiro atoms. The van der Waals surface area contributed by atoms with Crippen molar-refractivity contribution < 1.29 is 17.9 Å². The Balaban J connectivity index is 1.83. The molecule has 1 aromatic rings. The SMILES string of the molecule is COC(=O)N1CCN(CCNS(=O)(=O)c2ccc(C)cc2C)CC1. The van der Waals surface area contributed by atoms with Crippen molar-refractivity contribution >= 4 is 16.1 Å². The fraction of sp³-hybridized carbons (Fsp3) is 0.562. The Labute approximate surface area is 143 Å². The summed E-state index contributed by atoms with van der Waals surface area (Å²) in [7, 11) is -2.13. The minimum absolute atomic E-state index is 0.315. The van der Waals surface area contributed by atoms with Crippen LogP contribution in [-0.2, 0) is 14.8 Å². The number of carbonyl (C=O) groups excluding carboxylic acids is 1. The maximum atomic E-state index is 12.4. The average molecular weight is 355 g/mol. The van der Waals surface area contributed by atoms with Crippen LogP contribution < -0.4 is 4.72 Å². The normalized spacial score (nSPS) is 16.2. The summed E-state index contributed by atoms with van der Waals surface area (Å²) in [5.41, 5.74) is 1.78. The van der Waals surface area contributed by atoms with E-state index < -0.39 is 10.0 Å². The second-order valence-corrected chi connectivity index (χ2v) is 7.70. The third-order valence-electron chi connectivity index (χ3n) is 4.15. The second-order valence-electron chi connectivity index (χ2n) is 5.97. The number of carbonyl (C=O) groups is 1. The molecule has 8 heteroatoms. The van der Waals surface area contributed by atoms with Crippen molar-refractivity contribution in [2.24, 2.45) is 0 Å². The smallest absolute Gasteiger partial charge is 0.409 e. The van der Waals surface area contributed by atoms with E-state index in [9.17, 15) is 13.2 Å². The minimum Gasteiger partial charge on any atom is -0.453 e. The van der Waals surface area contributed by atoms with E-state index in [1.54, 1.807) is 24.0 Å². The average Bonchev–Trinajstić information content (AvgIpc) is 2.54. The molecular formula is C16H25N3O4S. The maximum absolute atomic E-state index is 12.4. The molecule has 0 bridgehead atoms. The largest absolute Gasteiger partial charge is 0.453 e. The fourth-order valence-electron chi connectivity index (χ4n) is 2.80. The Morgan fingerprint density at radius 1 is 1.21 bits per heavy atom. The lowest BCUT2D eigenvalue weighted by molar-refractivity contribution is 0.0918. The van der Waals surface area contributed by atoms with Crippen LogP contribution in [0.25, 0.3) is 0 Å². The number of nitrogens with zero attached hydrogens (tertiary/aromatic N) is 2. The first-order valence-electron chi connectivity index (χ1n) is 7.95. The van der Waals surface area contributed by atoms with E-state index >= 15 is 0 Å². The molecule has 0 aromatic heterocycles. The van der Waals surface area contributed by atoms with Crippen LogP contribution in [0.4, 0.5) is 4.79 Å². The zero-order valence-electron chi connectivity index (χ0n) is 14.4. The van der Waals surface area contributed by atoms with Gasteiger partial charge in [-0.05, 0) is 25.5 Å². The first-order chi connectivity index (χ1) is 11.3. The molecule has 0 unspecified atom stereocenters. The van der Waals surface area contributed by atoms with Gasteiger partial charge in [-0.25, -0.2) is 17.9 Å². The summed E-state index contributed by atoms with van der Waals surface area (Å²) in [5, 5.41) is 0. The summed E-state index contributed by atoms with van der Waals surface area (Å²) in [4.78, 5) is 15.5. The van der Waals surface area contributed by atoms with Crippen LogP contribution in [-0.4, -0.2) is 70.7 Å². The molecule has 1 aliphatic heterocycles. The molecule has 0 radical (unpaired) electrons. The Kier molecular flexibility index (Phi) is 6.20. The zero-order chi connectivity index (χ0) is 17.7. The summed E-state index contributed by atoms with van der Waals surface area (Å²) in [6.45, 7) is 7.29. The highest BCUT2D eigenvalue weighted by molar-refractivity contribution is 7.89. The van der Waals surface area contributed by atoms with Crippen molar-refractivity contribution in [1.82, 2.24) is 14.5 Å². The molecule has 1 N–H and O–H groups in total. The van der Waals surface area contributed by atoms with Crippen LogP contribution in [0.2, 0.25) is 0 Å². The number of hydrogen-bond acceptors (Lipinski definition) is 5. The van der Waals surface area contributed by atoms with E-state index in [4.69, 9.17) is 4.74 Å². The van der Waals surface area contributed by atoms with Gasteiger partial charge in [0.1, 0.15) is 0 Å². The molecule has 0 saturated carbocycles.